The molecule has 1 aliphatic carbocycles. The summed E-state index contributed by atoms with van der Waals surface area (Å²) in [5.41, 5.74) is 10.5. The van der Waals surface area contributed by atoms with Crippen LogP contribution in [0, 0.1) is 11.3 Å². The van der Waals surface area contributed by atoms with Gasteiger partial charge in [0.25, 0.3) is 0 Å². The SMILES string of the molecule is CC1(C)c2ccccc2-c2nc(-n3c4ccccc4c4cc(-c5ccc(C#N)cc5)ccc43)nc3cccc1c23. The second-order valence-corrected chi connectivity index (χ2v) is 11.0. The molecule has 8 rings (SSSR count). The fourth-order valence-corrected chi connectivity index (χ4v) is 6.47. The highest BCUT2D eigenvalue weighted by atomic mass is 15.2. The van der Waals surface area contributed by atoms with E-state index in [1.807, 2.05) is 24.3 Å². The minimum atomic E-state index is -0.136. The summed E-state index contributed by atoms with van der Waals surface area (Å²) in [6, 6.07) is 40.0. The van der Waals surface area contributed by atoms with Crippen LogP contribution in [0.25, 0.3) is 61.0 Å². The first-order chi connectivity index (χ1) is 19.5. The summed E-state index contributed by atoms with van der Waals surface area (Å²) in [4.78, 5) is 10.5. The Morgan fingerprint density at radius 1 is 0.675 bits per heavy atom. The lowest BCUT2D eigenvalue weighted by Crippen LogP contribution is -2.24. The number of rotatable bonds is 2. The number of hydrogen-bond donors (Lipinski definition) is 0. The van der Waals surface area contributed by atoms with Gasteiger partial charge in [-0.15, -0.1) is 0 Å². The number of benzene rings is 5. The molecule has 2 heterocycles. The summed E-state index contributed by atoms with van der Waals surface area (Å²) in [6.07, 6.45) is 0. The van der Waals surface area contributed by atoms with Crippen LogP contribution in [0.3, 0.4) is 0 Å². The number of hydrogen-bond acceptors (Lipinski definition) is 3. The standard InChI is InChI=1S/C36H24N4/c1-36(2)28-10-5-3-9-26(28)34-33-29(36)11-7-12-30(33)38-35(39-34)40-31-13-6-4-8-25(31)27-20-24(18-19-32(27)40)23-16-14-22(21-37)15-17-23/h3-20H,1-2H3. The number of fused-ring (bicyclic) bond motifs is 5. The lowest BCUT2D eigenvalue weighted by Gasteiger charge is -2.34. The van der Waals surface area contributed by atoms with Gasteiger partial charge in [-0.05, 0) is 58.7 Å². The third-order valence-corrected chi connectivity index (χ3v) is 8.46. The number of aromatic nitrogens is 3. The molecule has 2 aromatic heterocycles. The molecule has 40 heavy (non-hydrogen) atoms. The molecule has 0 spiro atoms. The summed E-state index contributed by atoms with van der Waals surface area (Å²) < 4.78 is 2.19. The van der Waals surface area contributed by atoms with Gasteiger partial charge in [0.1, 0.15) is 0 Å². The number of nitrogens with zero attached hydrogens (tertiary/aromatic N) is 4. The van der Waals surface area contributed by atoms with Crippen molar-refractivity contribution in [2.75, 3.05) is 0 Å². The topological polar surface area (TPSA) is 54.5 Å². The molecule has 4 heteroatoms. The van der Waals surface area contributed by atoms with E-state index in [9.17, 15) is 5.26 Å². The van der Waals surface area contributed by atoms with E-state index in [1.54, 1.807) is 0 Å². The average Bonchev–Trinajstić information content (AvgIpc) is 3.33. The average molecular weight is 513 g/mol. The molecular weight excluding hydrogens is 488 g/mol. The fraction of sp³-hybridized carbons (Fsp3) is 0.0833. The zero-order chi connectivity index (χ0) is 27.0. The van der Waals surface area contributed by atoms with Crippen LogP contribution < -0.4 is 0 Å². The van der Waals surface area contributed by atoms with Gasteiger partial charge in [0.2, 0.25) is 5.95 Å². The van der Waals surface area contributed by atoms with Crippen molar-refractivity contribution >= 4 is 32.7 Å². The van der Waals surface area contributed by atoms with Gasteiger partial charge >= 0.3 is 0 Å². The first-order valence-electron chi connectivity index (χ1n) is 13.5. The number of nitriles is 1. The van der Waals surface area contributed by atoms with Crippen LogP contribution in [0.1, 0.15) is 30.5 Å². The Balaban J connectivity index is 1.42. The van der Waals surface area contributed by atoms with Crippen LogP contribution in [0.4, 0.5) is 0 Å². The van der Waals surface area contributed by atoms with E-state index in [0.29, 0.717) is 11.5 Å². The second-order valence-electron chi connectivity index (χ2n) is 11.0. The molecule has 0 amide bonds. The molecule has 5 aromatic carbocycles. The highest BCUT2D eigenvalue weighted by Gasteiger charge is 2.34. The van der Waals surface area contributed by atoms with Crippen molar-refractivity contribution in [1.82, 2.24) is 14.5 Å². The van der Waals surface area contributed by atoms with Crippen LogP contribution in [0.5, 0.6) is 0 Å². The van der Waals surface area contributed by atoms with E-state index >= 15 is 0 Å². The lowest BCUT2D eigenvalue weighted by atomic mass is 9.70. The highest BCUT2D eigenvalue weighted by molar-refractivity contribution is 6.10. The van der Waals surface area contributed by atoms with Crippen molar-refractivity contribution in [3.8, 4) is 34.4 Å². The fourth-order valence-electron chi connectivity index (χ4n) is 6.47. The normalized spacial score (nSPS) is 13.4. The molecule has 0 N–H and O–H groups in total. The maximum absolute atomic E-state index is 9.21. The van der Waals surface area contributed by atoms with Crippen molar-refractivity contribution in [3.05, 3.63) is 126 Å². The Hall–Kier alpha value is -5.27. The van der Waals surface area contributed by atoms with E-state index in [0.717, 1.165) is 49.5 Å². The Morgan fingerprint density at radius 3 is 2.25 bits per heavy atom. The Kier molecular flexibility index (Phi) is 4.60. The molecule has 0 saturated heterocycles. The van der Waals surface area contributed by atoms with Crippen molar-refractivity contribution in [2.45, 2.75) is 19.3 Å². The van der Waals surface area contributed by atoms with Crippen molar-refractivity contribution in [1.29, 1.82) is 5.26 Å². The summed E-state index contributed by atoms with van der Waals surface area (Å²) in [6.45, 7) is 4.58. The van der Waals surface area contributed by atoms with Crippen LogP contribution in [0.15, 0.2) is 109 Å². The Labute approximate surface area is 231 Å². The van der Waals surface area contributed by atoms with Crippen molar-refractivity contribution in [3.63, 3.8) is 0 Å². The van der Waals surface area contributed by atoms with Crippen LogP contribution >= 0.6 is 0 Å². The smallest absolute Gasteiger partial charge is 0.235 e. The van der Waals surface area contributed by atoms with Crippen LogP contribution in [0.2, 0.25) is 0 Å². The van der Waals surface area contributed by atoms with Gasteiger partial charge in [-0.1, -0.05) is 86.6 Å². The molecular formula is C36H24N4. The molecule has 0 atom stereocenters. The van der Waals surface area contributed by atoms with E-state index < -0.39 is 0 Å². The molecule has 188 valence electrons. The minimum absolute atomic E-state index is 0.136. The van der Waals surface area contributed by atoms with Gasteiger partial charge in [0.05, 0.1) is 33.9 Å². The largest absolute Gasteiger partial charge is 0.278 e. The van der Waals surface area contributed by atoms with Gasteiger partial charge in [0, 0.05) is 27.1 Å². The van der Waals surface area contributed by atoms with E-state index in [4.69, 9.17) is 9.97 Å². The zero-order valence-corrected chi connectivity index (χ0v) is 22.2. The van der Waals surface area contributed by atoms with Crippen LogP contribution in [-0.4, -0.2) is 14.5 Å². The first kappa shape index (κ1) is 22.7. The summed E-state index contributed by atoms with van der Waals surface area (Å²) >= 11 is 0. The van der Waals surface area contributed by atoms with E-state index in [1.165, 1.54) is 16.7 Å². The van der Waals surface area contributed by atoms with Gasteiger partial charge in [-0.3, -0.25) is 4.57 Å². The Bertz CT molecular complexity index is 2190. The quantitative estimate of drug-likeness (QED) is 0.233. The molecule has 0 unspecified atom stereocenters. The minimum Gasteiger partial charge on any atom is -0.278 e. The summed E-state index contributed by atoms with van der Waals surface area (Å²) in [7, 11) is 0. The summed E-state index contributed by atoms with van der Waals surface area (Å²) in [5.74, 6) is 0.673. The predicted molar refractivity (Wildman–Crippen MR) is 162 cm³/mol. The number of para-hydroxylation sites is 1. The monoisotopic (exact) mass is 512 g/mol. The molecule has 4 nitrogen and oxygen atoms in total. The summed E-state index contributed by atoms with van der Waals surface area (Å²) in [5, 5.41) is 12.6. The predicted octanol–water partition coefficient (Wildman–Crippen LogP) is 8.57. The molecule has 0 radical (unpaired) electrons. The van der Waals surface area contributed by atoms with E-state index in [-0.39, 0.29) is 5.41 Å². The van der Waals surface area contributed by atoms with Gasteiger partial charge < -0.3 is 0 Å². The third-order valence-electron chi connectivity index (χ3n) is 8.46. The molecule has 7 aromatic rings. The zero-order valence-electron chi connectivity index (χ0n) is 22.2. The molecule has 0 fully saturated rings. The maximum atomic E-state index is 9.21. The van der Waals surface area contributed by atoms with Crippen molar-refractivity contribution < 1.29 is 0 Å². The molecule has 0 aliphatic heterocycles. The molecule has 0 saturated carbocycles. The van der Waals surface area contributed by atoms with Crippen molar-refractivity contribution in [2.24, 2.45) is 0 Å². The highest BCUT2D eigenvalue weighted by Crippen LogP contribution is 2.47. The maximum Gasteiger partial charge on any atom is 0.235 e. The Morgan fingerprint density at radius 2 is 1.40 bits per heavy atom. The molecule has 0 bridgehead atoms. The first-order valence-corrected chi connectivity index (χ1v) is 13.5. The third kappa shape index (κ3) is 3.06. The van der Waals surface area contributed by atoms with E-state index in [2.05, 4.69) is 109 Å². The van der Waals surface area contributed by atoms with Gasteiger partial charge in [-0.2, -0.15) is 5.26 Å². The molecule has 1 aliphatic rings. The second kappa shape index (κ2) is 8.11. The lowest BCUT2D eigenvalue weighted by molar-refractivity contribution is 0.643. The van der Waals surface area contributed by atoms with Crippen LogP contribution in [-0.2, 0) is 5.41 Å². The van der Waals surface area contributed by atoms with Gasteiger partial charge in [-0.25, -0.2) is 9.97 Å². The van der Waals surface area contributed by atoms with Gasteiger partial charge in [0.15, 0.2) is 0 Å².